The summed E-state index contributed by atoms with van der Waals surface area (Å²) in [7, 11) is 1.58. The molecule has 1 aliphatic heterocycles. The number of fused-ring (bicyclic) bond motifs is 1. The highest BCUT2D eigenvalue weighted by molar-refractivity contribution is 5.95. The Morgan fingerprint density at radius 1 is 1.15 bits per heavy atom. The second-order valence-electron chi connectivity index (χ2n) is 7.60. The monoisotopic (exact) mass is 448 g/mol. The van der Waals surface area contributed by atoms with Crippen LogP contribution in [0.4, 0.5) is 14.6 Å². The van der Waals surface area contributed by atoms with E-state index in [2.05, 4.69) is 25.6 Å². The zero-order valence-electron chi connectivity index (χ0n) is 17.7. The third kappa shape index (κ3) is 3.69. The van der Waals surface area contributed by atoms with Gasteiger partial charge in [0.2, 0.25) is 5.91 Å². The van der Waals surface area contributed by atoms with E-state index < -0.39 is 17.6 Å². The van der Waals surface area contributed by atoms with Gasteiger partial charge in [-0.25, -0.2) is 13.8 Å². The standard InChI is InChI=1S/C23H18F2N6O2/c1-12-21-17(16-9-14(24)5-8-18(16)25)10-20(32)28-22(21)31(30-12)23-27-19(11-26-29-23)13-3-6-15(33-2)7-4-13/h3-9,11,17H,10H2,1-2H3,(H,28,32)/t17-/m1/s1. The first-order chi connectivity index (χ1) is 15.9. The number of nitrogens with one attached hydrogen (secondary N) is 1. The molecule has 0 radical (unpaired) electrons. The van der Waals surface area contributed by atoms with Crippen LogP contribution in [-0.2, 0) is 4.79 Å². The van der Waals surface area contributed by atoms with E-state index in [1.807, 2.05) is 12.1 Å². The second kappa shape index (κ2) is 8.05. The maximum Gasteiger partial charge on any atom is 0.272 e. The van der Waals surface area contributed by atoms with E-state index >= 15 is 0 Å². The van der Waals surface area contributed by atoms with Crippen LogP contribution >= 0.6 is 0 Å². The second-order valence-corrected chi connectivity index (χ2v) is 7.60. The molecule has 0 aliphatic carbocycles. The molecule has 0 unspecified atom stereocenters. The summed E-state index contributed by atoms with van der Waals surface area (Å²) in [6.07, 6.45) is 1.47. The first-order valence-electron chi connectivity index (χ1n) is 10.1. The Balaban J connectivity index is 1.61. The molecule has 4 aromatic rings. The largest absolute Gasteiger partial charge is 0.497 e. The molecule has 1 N–H and O–H groups in total. The minimum absolute atomic E-state index is 0.0368. The van der Waals surface area contributed by atoms with Gasteiger partial charge in [0.05, 0.1) is 24.7 Å². The summed E-state index contributed by atoms with van der Waals surface area (Å²) in [5.41, 5.74) is 2.54. The van der Waals surface area contributed by atoms with Crippen LogP contribution in [0.15, 0.2) is 48.7 Å². The lowest BCUT2D eigenvalue weighted by Gasteiger charge is -2.24. The third-order valence-corrected chi connectivity index (χ3v) is 5.56. The molecule has 1 amide bonds. The fourth-order valence-corrected chi connectivity index (χ4v) is 4.02. The molecule has 166 valence electrons. The van der Waals surface area contributed by atoms with Crippen molar-refractivity contribution in [2.75, 3.05) is 12.4 Å². The zero-order chi connectivity index (χ0) is 23.1. The Morgan fingerprint density at radius 2 is 1.94 bits per heavy atom. The summed E-state index contributed by atoms with van der Waals surface area (Å²) in [6.45, 7) is 1.73. The highest BCUT2D eigenvalue weighted by Crippen LogP contribution is 2.41. The summed E-state index contributed by atoms with van der Waals surface area (Å²) < 4.78 is 35.0. The van der Waals surface area contributed by atoms with E-state index in [-0.39, 0.29) is 23.8 Å². The number of carbonyl (C=O) groups is 1. The minimum atomic E-state index is -0.698. The van der Waals surface area contributed by atoms with Gasteiger partial charge < -0.3 is 10.1 Å². The quantitative estimate of drug-likeness (QED) is 0.510. The first kappa shape index (κ1) is 20.7. The molecule has 0 saturated heterocycles. The van der Waals surface area contributed by atoms with Gasteiger partial charge in [0.15, 0.2) is 0 Å². The number of hydrogen-bond donors (Lipinski definition) is 1. The average Bonchev–Trinajstić information content (AvgIpc) is 3.16. The van der Waals surface area contributed by atoms with Gasteiger partial charge in [0, 0.05) is 23.5 Å². The Kier molecular flexibility index (Phi) is 5.04. The van der Waals surface area contributed by atoms with E-state index in [1.165, 1.54) is 10.9 Å². The predicted molar refractivity (Wildman–Crippen MR) is 115 cm³/mol. The number of benzene rings is 2. The highest BCUT2D eigenvalue weighted by atomic mass is 19.1. The van der Waals surface area contributed by atoms with Gasteiger partial charge in [-0.05, 0) is 55.0 Å². The Labute approximate surface area is 187 Å². The summed E-state index contributed by atoms with van der Waals surface area (Å²) >= 11 is 0. The Hall–Kier alpha value is -4.21. The molecule has 3 heterocycles. The normalized spacial score (nSPS) is 15.2. The SMILES string of the molecule is COc1ccc(-c2cnnc(-n3nc(C)c4c3NC(=O)C[C@@H]4c3cc(F)ccc3F)n2)cc1. The number of nitrogens with zero attached hydrogens (tertiary/aromatic N) is 5. The molecule has 10 heteroatoms. The number of methoxy groups -OCH3 is 1. The van der Waals surface area contributed by atoms with Gasteiger partial charge in [-0.3, -0.25) is 4.79 Å². The van der Waals surface area contributed by atoms with Gasteiger partial charge in [-0.1, -0.05) is 0 Å². The molecule has 0 spiro atoms. The molecule has 2 aromatic heterocycles. The average molecular weight is 448 g/mol. The van der Waals surface area contributed by atoms with Crippen molar-refractivity contribution in [1.82, 2.24) is 25.0 Å². The van der Waals surface area contributed by atoms with Gasteiger partial charge in [-0.2, -0.15) is 14.9 Å². The molecular weight excluding hydrogens is 430 g/mol. The topological polar surface area (TPSA) is 94.8 Å². The highest BCUT2D eigenvalue weighted by Gasteiger charge is 2.34. The number of ether oxygens (including phenoxy) is 1. The van der Waals surface area contributed by atoms with Crippen molar-refractivity contribution in [3.05, 3.63) is 77.1 Å². The summed E-state index contributed by atoms with van der Waals surface area (Å²) in [4.78, 5) is 17.1. The number of rotatable bonds is 4. The van der Waals surface area contributed by atoms with Crippen LogP contribution in [0.2, 0.25) is 0 Å². The van der Waals surface area contributed by atoms with Crippen molar-refractivity contribution in [2.24, 2.45) is 0 Å². The number of carbonyl (C=O) groups excluding carboxylic acids is 1. The van der Waals surface area contributed by atoms with Crippen molar-refractivity contribution in [1.29, 1.82) is 0 Å². The van der Waals surface area contributed by atoms with Crippen molar-refractivity contribution < 1.29 is 18.3 Å². The van der Waals surface area contributed by atoms with E-state index in [0.717, 1.165) is 23.8 Å². The minimum Gasteiger partial charge on any atom is -0.497 e. The molecular formula is C23H18F2N6O2. The van der Waals surface area contributed by atoms with Crippen LogP contribution in [0.25, 0.3) is 17.2 Å². The number of hydrogen-bond acceptors (Lipinski definition) is 6. The fourth-order valence-electron chi connectivity index (χ4n) is 4.02. The lowest BCUT2D eigenvalue weighted by Crippen LogP contribution is -2.25. The number of amides is 1. The van der Waals surface area contributed by atoms with Crippen LogP contribution in [0, 0.1) is 18.6 Å². The molecule has 0 saturated carbocycles. The summed E-state index contributed by atoms with van der Waals surface area (Å²) in [5.74, 6) is -1.07. The van der Waals surface area contributed by atoms with Gasteiger partial charge in [0.1, 0.15) is 23.2 Å². The molecule has 0 fully saturated rings. The smallest absolute Gasteiger partial charge is 0.272 e. The summed E-state index contributed by atoms with van der Waals surface area (Å²) in [6, 6.07) is 10.5. The van der Waals surface area contributed by atoms with Crippen molar-refractivity contribution in [3.8, 4) is 23.0 Å². The van der Waals surface area contributed by atoms with Crippen LogP contribution in [0.1, 0.15) is 29.2 Å². The lowest BCUT2D eigenvalue weighted by atomic mass is 9.85. The fraction of sp³-hybridized carbons (Fsp3) is 0.174. The van der Waals surface area contributed by atoms with E-state index in [1.54, 1.807) is 26.2 Å². The van der Waals surface area contributed by atoms with Crippen LogP contribution in [0.3, 0.4) is 0 Å². The third-order valence-electron chi connectivity index (χ3n) is 5.56. The lowest BCUT2D eigenvalue weighted by molar-refractivity contribution is -0.116. The van der Waals surface area contributed by atoms with E-state index in [9.17, 15) is 13.6 Å². The maximum atomic E-state index is 14.6. The Bertz CT molecular complexity index is 1370. The molecule has 1 aliphatic rings. The van der Waals surface area contributed by atoms with Crippen LogP contribution in [-0.4, -0.2) is 38.0 Å². The molecule has 0 bridgehead atoms. The van der Waals surface area contributed by atoms with Crippen molar-refractivity contribution in [3.63, 3.8) is 0 Å². The number of aromatic nitrogens is 5. The summed E-state index contributed by atoms with van der Waals surface area (Å²) in [5, 5.41) is 15.4. The Morgan fingerprint density at radius 3 is 2.70 bits per heavy atom. The molecule has 8 nitrogen and oxygen atoms in total. The van der Waals surface area contributed by atoms with Crippen LogP contribution < -0.4 is 10.1 Å². The zero-order valence-corrected chi connectivity index (χ0v) is 17.7. The number of anilines is 1. The van der Waals surface area contributed by atoms with Crippen molar-refractivity contribution >= 4 is 11.7 Å². The molecule has 5 rings (SSSR count). The first-order valence-corrected chi connectivity index (χ1v) is 10.1. The van der Waals surface area contributed by atoms with Crippen molar-refractivity contribution in [2.45, 2.75) is 19.3 Å². The predicted octanol–water partition coefficient (Wildman–Crippen LogP) is 3.79. The maximum absolute atomic E-state index is 14.6. The molecule has 2 aromatic carbocycles. The van der Waals surface area contributed by atoms with Crippen LogP contribution in [0.5, 0.6) is 5.75 Å². The van der Waals surface area contributed by atoms with E-state index in [0.29, 0.717) is 28.5 Å². The number of aryl methyl sites for hydroxylation is 1. The van der Waals surface area contributed by atoms with Gasteiger partial charge in [0.25, 0.3) is 5.95 Å². The van der Waals surface area contributed by atoms with E-state index in [4.69, 9.17) is 4.74 Å². The molecule has 33 heavy (non-hydrogen) atoms. The van der Waals surface area contributed by atoms with Gasteiger partial charge >= 0.3 is 0 Å². The van der Waals surface area contributed by atoms with Gasteiger partial charge in [-0.15, -0.1) is 5.10 Å². The number of halogens is 2. The molecule has 1 atom stereocenters.